The average Bonchev–Trinajstić information content (AvgIpc) is 2.81. The van der Waals surface area contributed by atoms with Gasteiger partial charge < -0.3 is 10.1 Å². The van der Waals surface area contributed by atoms with Crippen LogP contribution in [0.1, 0.15) is 25.3 Å². The number of halogens is 2. The van der Waals surface area contributed by atoms with E-state index in [0.29, 0.717) is 16.5 Å². The van der Waals surface area contributed by atoms with Gasteiger partial charge in [-0.3, -0.25) is 0 Å². The molecule has 2 rings (SSSR count). The first kappa shape index (κ1) is 14.0. The van der Waals surface area contributed by atoms with Gasteiger partial charge in [0.15, 0.2) is 0 Å². The number of hydrogen-bond donors (Lipinski definition) is 1. The van der Waals surface area contributed by atoms with E-state index in [4.69, 9.17) is 4.74 Å². The molecule has 2 atom stereocenters. The van der Waals surface area contributed by atoms with Crippen LogP contribution in [0.4, 0.5) is 4.39 Å². The standard InChI is InChI=1S/C14H19BrFNO/c1-2-14-11(5-6-18-14)9-17-8-10-3-4-13(16)12(15)7-10/h3-4,7,11,14,17H,2,5-6,8-9H2,1H3. The van der Waals surface area contributed by atoms with Crippen molar-refractivity contribution >= 4 is 15.9 Å². The maximum absolute atomic E-state index is 13.1. The fourth-order valence-corrected chi connectivity index (χ4v) is 2.86. The molecule has 1 aromatic rings. The third kappa shape index (κ3) is 3.53. The van der Waals surface area contributed by atoms with Gasteiger partial charge in [0, 0.05) is 19.7 Å². The van der Waals surface area contributed by atoms with E-state index < -0.39 is 0 Å². The Morgan fingerprint density at radius 1 is 1.50 bits per heavy atom. The van der Waals surface area contributed by atoms with Crippen molar-refractivity contribution in [3.63, 3.8) is 0 Å². The molecule has 2 nitrogen and oxygen atoms in total. The first-order chi connectivity index (χ1) is 8.70. The number of rotatable bonds is 5. The van der Waals surface area contributed by atoms with Gasteiger partial charge in [0.25, 0.3) is 0 Å². The molecule has 1 N–H and O–H groups in total. The summed E-state index contributed by atoms with van der Waals surface area (Å²) in [6, 6.07) is 5.13. The summed E-state index contributed by atoms with van der Waals surface area (Å²) in [5, 5.41) is 3.43. The van der Waals surface area contributed by atoms with Crippen LogP contribution in [0.15, 0.2) is 22.7 Å². The van der Waals surface area contributed by atoms with Crippen molar-refractivity contribution in [3.8, 4) is 0 Å². The third-order valence-corrected chi connectivity index (χ3v) is 4.08. The van der Waals surface area contributed by atoms with Gasteiger partial charge >= 0.3 is 0 Å². The lowest BCUT2D eigenvalue weighted by molar-refractivity contribution is 0.0872. The van der Waals surface area contributed by atoms with Gasteiger partial charge in [-0.1, -0.05) is 13.0 Å². The smallest absolute Gasteiger partial charge is 0.137 e. The van der Waals surface area contributed by atoms with Gasteiger partial charge in [-0.25, -0.2) is 4.39 Å². The number of ether oxygens (including phenoxy) is 1. The Balaban J connectivity index is 1.79. The molecule has 1 fully saturated rings. The zero-order valence-corrected chi connectivity index (χ0v) is 12.2. The van der Waals surface area contributed by atoms with E-state index in [1.807, 2.05) is 12.1 Å². The predicted octanol–water partition coefficient (Wildman–Crippen LogP) is 3.49. The molecule has 0 spiro atoms. The van der Waals surface area contributed by atoms with Crippen LogP contribution in [-0.2, 0) is 11.3 Å². The molecule has 1 aliphatic rings. The maximum atomic E-state index is 13.1. The summed E-state index contributed by atoms with van der Waals surface area (Å²) in [4.78, 5) is 0. The van der Waals surface area contributed by atoms with E-state index in [-0.39, 0.29) is 5.82 Å². The zero-order chi connectivity index (χ0) is 13.0. The number of nitrogens with one attached hydrogen (secondary N) is 1. The molecular weight excluding hydrogens is 297 g/mol. The lowest BCUT2D eigenvalue weighted by Gasteiger charge is -2.17. The minimum absolute atomic E-state index is 0.214. The second-order valence-electron chi connectivity index (χ2n) is 4.75. The highest BCUT2D eigenvalue weighted by Crippen LogP contribution is 2.22. The first-order valence-electron chi connectivity index (χ1n) is 6.47. The molecule has 4 heteroatoms. The van der Waals surface area contributed by atoms with Gasteiger partial charge in [0.05, 0.1) is 10.6 Å². The molecule has 18 heavy (non-hydrogen) atoms. The molecule has 0 saturated carbocycles. The Bertz CT molecular complexity index is 399. The van der Waals surface area contributed by atoms with Crippen LogP contribution >= 0.6 is 15.9 Å². The maximum Gasteiger partial charge on any atom is 0.137 e. The lowest BCUT2D eigenvalue weighted by atomic mass is 9.99. The lowest BCUT2D eigenvalue weighted by Crippen LogP contribution is -2.27. The summed E-state index contributed by atoms with van der Waals surface area (Å²) in [5.41, 5.74) is 1.09. The normalized spacial score (nSPS) is 23.5. The highest BCUT2D eigenvalue weighted by molar-refractivity contribution is 9.10. The van der Waals surface area contributed by atoms with Crippen LogP contribution in [0, 0.1) is 11.7 Å². The molecule has 0 aliphatic carbocycles. The third-order valence-electron chi connectivity index (χ3n) is 3.47. The van der Waals surface area contributed by atoms with Crippen molar-refractivity contribution in [2.45, 2.75) is 32.4 Å². The Kier molecular flexibility index (Phi) is 5.15. The van der Waals surface area contributed by atoms with Crippen LogP contribution in [0.25, 0.3) is 0 Å². The number of hydrogen-bond acceptors (Lipinski definition) is 2. The second kappa shape index (κ2) is 6.64. The van der Waals surface area contributed by atoms with Crippen LogP contribution in [0.5, 0.6) is 0 Å². The van der Waals surface area contributed by atoms with Gasteiger partial charge in [0.1, 0.15) is 5.82 Å². The Morgan fingerprint density at radius 2 is 2.33 bits per heavy atom. The highest BCUT2D eigenvalue weighted by atomic mass is 79.9. The van der Waals surface area contributed by atoms with E-state index in [2.05, 4.69) is 28.2 Å². The molecule has 0 bridgehead atoms. The fraction of sp³-hybridized carbons (Fsp3) is 0.571. The first-order valence-corrected chi connectivity index (χ1v) is 7.26. The summed E-state index contributed by atoms with van der Waals surface area (Å²) in [7, 11) is 0. The quantitative estimate of drug-likeness (QED) is 0.898. The van der Waals surface area contributed by atoms with Gasteiger partial charge in [0.2, 0.25) is 0 Å². The minimum Gasteiger partial charge on any atom is -0.378 e. The molecule has 0 radical (unpaired) electrons. The largest absolute Gasteiger partial charge is 0.378 e. The SMILES string of the molecule is CCC1OCCC1CNCc1ccc(F)c(Br)c1. The summed E-state index contributed by atoms with van der Waals surface area (Å²) < 4.78 is 19.3. The van der Waals surface area contributed by atoms with Gasteiger partial charge in [-0.2, -0.15) is 0 Å². The van der Waals surface area contributed by atoms with E-state index >= 15 is 0 Å². The molecular formula is C14H19BrFNO. The van der Waals surface area contributed by atoms with Crippen molar-refractivity contribution < 1.29 is 9.13 Å². The summed E-state index contributed by atoms with van der Waals surface area (Å²) in [6.07, 6.45) is 2.62. The topological polar surface area (TPSA) is 21.3 Å². The number of benzene rings is 1. The van der Waals surface area contributed by atoms with Crippen molar-refractivity contribution in [1.29, 1.82) is 0 Å². The molecule has 1 aromatic carbocycles. The van der Waals surface area contributed by atoms with E-state index in [1.165, 1.54) is 6.07 Å². The summed E-state index contributed by atoms with van der Waals surface area (Å²) in [5.74, 6) is 0.396. The molecule has 0 aromatic heterocycles. The Labute approximate surface area is 116 Å². The Hall–Kier alpha value is -0.450. The highest BCUT2D eigenvalue weighted by Gasteiger charge is 2.25. The average molecular weight is 316 g/mol. The minimum atomic E-state index is -0.214. The van der Waals surface area contributed by atoms with Crippen LogP contribution in [0.3, 0.4) is 0 Å². The van der Waals surface area contributed by atoms with Crippen LogP contribution in [-0.4, -0.2) is 19.3 Å². The Morgan fingerprint density at radius 3 is 3.06 bits per heavy atom. The molecule has 1 aliphatic heterocycles. The van der Waals surface area contributed by atoms with Crippen molar-refractivity contribution in [2.75, 3.05) is 13.2 Å². The van der Waals surface area contributed by atoms with Gasteiger partial charge in [-0.15, -0.1) is 0 Å². The molecule has 1 saturated heterocycles. The van der Waals surface area contributed by atoms with Crippen molar-refractivity contribution in [1.82, 2.24) is 5.32 Å². The van der Waals surface area contributed by atoms with Crippen LogP contribution in [0.2, 0.25) is 0 Å². The van der Waals surface area contributed by atoms with Crippen molar-refractivity contribution in [2.24, 2.45) is 5.92 Å². The molecule has 0 amide bonds. The second-order valence-corrected chi connectivity index (χ2v) is 5.60. The van der Waals surface area contributed by atoms with Gasteiger partial charge in [-0.05, 0) is 52.4 Å². The molecule has 2 unspecified atom stereocenters. The monoisotopic (exact) mass is 315 g/mol. The fourth-order valence-electron chi connectivity index (χ4n) is 2.43. The van der Waals surface area contributed by atoms with Crippen molar-refractivity contribution in [3.05, 3.63) is 34.1 Å². The van der Waals surface area contributed by atoms with E-state index in [1.54, 1.807) is 0 Å². The zero-order valence-electron chi connectivity index (χ0n) is 10.6. The van der Waals surface area contributed by atoms with E-state index in [9.17, 15) is 4.39 Å². The summed E-state index contributed by atoms with van der Waals surface area (Å²) in [6.45, 7) is 4.78. The molecule has 1 heterocycles. The van der Waals surface area contributed by atoms with Crippen LogP contribution < -0.4 is 5.32 Å². The van der Waals surface area contributed by atoms with E-state index in [0.717, 1.165) is 38.1 Å². The molecule has 100 valence electrons. The predicted molar refractivity (Wildman–Crippen MR) is 73.9 cm³/mol. The summed E-state index contributed by atoms with van der Waals surface area (Å²) >= 11 is 3.20.